The van der Waals surface area contributed by atoms with E-state index < -0.39 is 5.91 Å². The van der Waals surface area contributed by atoms with Crippen molar-refractivity contribution in [1.29, 1.82) is 5.41 Å². The third kappa shape index (κ3) is 6.50. The topological polar surface area (TPSA) is 120 Å². The zero-order valence-electron chi connectivity index (χ0n) is 17.3. The number of carbonyl (C=O) groups excluding carboxylic acids is 1. The Hall–Kier alpha value is -3.03. The minimum absolute atomic E-state index is 0.115. The van der Waals surface area contributed by atoms with Gasteiger partial charge in [-0.25, -0.2) is 5.84 Å². The SMILES string of the molecule is CC(C)/C(=C/N)N(N)CCNC(=O)C(=N)c1ccccc1NCc1ccc(Cl)cc1. The molecule has 0 aliphatic carbocycles. The van der Waals surface area contributed by atoms with Crippen LogP contribution in [0.25, 0.3) is 0 Å². The molecule has 7 N–H and O–H groups in total. The van der Waals surface area contributed by atoms with E-state index >= 15 is 0 Å². The van der Waals surface area contributed by atoms with E-state index in [9.17, 15) is 4.79 Å². The Bertz CT molecular complexity index is 895. The highest BCUT2D eigenvalue weighted by molar-refractivity contribution is 6.45. The number of para-hydroxylation sites is 1. The summed E-state index contributed by atoms with van der Waals surface area (Å²) in [6, 6.07) is 14.7. The third-order valence-corrected chi connectivity index (χ3v) is 4.80. The van der Waals surface area contributed by atoms with Crippen molar-refractivity contribution in [3.63, 3.8) is 0 Å². The average molecular weight is 429 g/mol. The summed E-state index contributed by atoms with van der Waals surface area (Å²) in [7, 11) is 0. The summed E-state index contributed by atoms with van der Waals surface area (Å²) in [6.45, 7) is 5.20. The van der Waals surface area contributed by atoms with Crippen LogP contribution in [-0.4, -0.2) is 29.7 Å². The fraction of sp³-hybridized carbons (Fsp3) is 0.273. The molecule has 0 aliphatic heterocycles. The van der Waals surface area contributed by atoms with Crippen LogP contribution in [-0.2, 0) is 11.3 Å². The van der Waals surface area contributed by atoms with Crippen LogP contribution in [0.1, 0.15) is 25.0 Å². The summed E-state index contributed by atoms with van der Waals surface area (Å²) in [5.41, 5.74) is 8.56. The Morgan fingerprint density at radius 3 is 2.50 bits per heavy atom. The van der Waals surface area contributed by atoms with Gasteiger partial charge in [0.05, 0.1) is 6.54 Å². The number of hydrogen-bond acceptors (Lipinski definition) is 6. The molecular formula is C22H29ClN6O. The van der Waals surface area contributed by atoms with E-state index in [0.717, 1.165) is 11.3 Å². The highest BCUT2D eigenvalue weighted by atomic mass is 35.5. The number of nitrogens with one attached hydrogen (secondary N) is 3. The Morgan fingerprint density at radius 1 is 1.20 bits per heavy atom. The molecule has 0 saturated heterocycles. The predicted molar refractivity (Wildman–Crippen MR) is 123 cm³/mol. The summed E-state index contributed by atoms with van der Waals surface area (Å²) < 4.78 is 0. The fourth-order valence-electron chi connectivity index (χ4n) is 2.90. The first-order chi connectivity index (χ1) is 14.3. The Kier molecular flexibility index (Phi) is 8.70. The summed E-state index contributed by atoms with van der Waals surface area (Å²) in [4.78, 5) is 12.5. The molecule has 2 rings (SSSR count). The molecule has 0 radical (unpaired) electrons. The fourth-order valence-corrected chi connectivity index (χ4v) is 3.03. The van der Waals surface area contributed by atoms with Crippen molar-refractivity contribution < 1.29 is 4.79 Å². The maximum Gasteiger partial charge on any atom is 0.269 e. The molecule has 0 aromatic heterocycles. The van der Waals surface area contributed by atoms with Crippen LogP contribution in [0.4, 0.5) is 5.69 Å². The lowest BCUT2D eigenvalue weighted by atomic mass is 10.1. The van der Waals surface area contributed by atoms with Gasteiger partial charge in [-0.15, -0.1) is 0 Å². The van der Waals surface area contributed by atoms with Crippen LogP contribution in [0.15, 0.2) is 60.4 Å². The number of amides is 1. The molecule has 160 valence electrons. The van der Waals surface area contributed by atoms with Gasteiger partial charge < -0.3 is 21.4 Å². The van der Waals surface area contributed by atoms with Gasteiger partial charge in [-0.05, 0) is 29.7 Å². The molecule has 0 heterocycles. The van der Waals surface area contributed by atoms with Crippen LogP contribution in [0, 0.1) is 11.3 Å². The number of halogens is 1. The van der Waals surface area contributed by atoms with Gasteiger partial charge in [-0.2, -0.15) is 0 Å². The van der Waals surface area contributed by atoms with Gasteiger partial charge in [-0.1, -0.05) is 55.8 Å². The summed E-state index contributed by atoms with van der Waals surface area (Å²) in [6.07, 6.45) is 1.47. The summed E-state index contributed by atoms with van der Waals surface area (Å²) in [5, 5.41) is 16.5. The largest absolute Gasteiger partial charge is 0.403 e. The minimum atomic E-state index is -0.466. The standard InChI is InChI=1S/C22H29ClN6O/c1-15(2)20(13-24)29(26)12-11-27-22(30)21(25)18-5-3-4-6-19(18)28-14-16-7-9-17(23)10-8-16/h3-10,13,15,25,28H,11-12,14,24,26H2,1-2H3,(H,27,30)/b20-13-,25-21?. The first-order valence-electron chi connectivity index (χ1n) is 9.72. The van der Waals surface area contributed by atoms with Gasteiger partial charge in [0.15, 0.2) is 0 Å². The van der Waals surface area contributed by atoms with Crippen molar-refractivity contribution >= 4 is 28.9 Å². The van der Waals surface area contributed by atoms with Crippen LogP contribution >= 0.6 is 11.6 Å². The number of hydrazine groups is 1. The van der Waals surface area contributed by atoms with Crippen LogP contribution in [0.2, 0.25) is 5.02 Å². The Balaban J connectivity index is 1.95. The van der Waals surface area contributed by atoms with E-state index in [1.807, 2.05) is 50.2 Å². The number of allylic oxidation sites excluding steroid dienone is 1. The van der Waals surface area contributed by atoms with Gasteiger partial charge in [0.25, 0.3) is 5.91 Å². The molecule has 8 heteroatoms. The van der Waals surface area contributed by atoms with E-state index in [4.69, 9.17) is 28.6 Å². The number of hydrogen-bond donors (Lipinski definition) is 5. The van der Waals surface area contributed by atoms with Crippen molar-refractivity contribution in [2.75, 3.05) is 18.4 Å². The average Bonchev–Trinajstić information content (AvgIpc) is 2.73. The quantitative estimate of drug-likeness (QED) is 0.226. The predicted octanol–water partition coefficient (Wildman–Crippen LogP) is 3.07. The number of benzene rings is 2. The van der Waals surface area contributed by atoms with Crippen molar-refractivity contribution in [1.82, 2.24) is 10.3 Å². The lowest BCUT2D eigenvalue weighted by molar-refractivity contribution is -0.114. The molecule has 0 atom stereocenters. The first kappa shape index (κ1) is 23.3. The second kappa shape index (κ2) is 11.2. The molecule has 30 heavy (non-hydrogen) atoms. The minimum Gasteiger partial charge on any atom is -0.403 e. The van der Waals surface area contributed by atoms with Gasteiger partial charge in [0, 0.05) is 41.3 Å². The zero-order valence-corrected chi connectivity index (χ0v) is 18.0. The van der Waals surface area contributed by atoms with Crippen LogP contribution < -0.4 is 22.2 Å². The zero-order chi connectivity index (χ0) is 22.1. The molecule has 0 fully saturated rings. The highest BCUT2D eigenvalue weighted by Gasteiger charge is 2.16. The van der Waals surface area contributed by atoms with E-state index in [2.05, 4.69) is 10.6 Å². The number of rotatable bonds is 10. The maximum absolute atomic E-state index is 12.5. The lowest BCUT2D eigenvalue weighted by Crippen LogP contribution is -2.41. The van der Waals surface area contributed by atoms with E-state index in [-0.39, 0.29) is 11.6 Å². The van der Waals surface area contributed by atoms with Crippen LogP contribution in [0.5, 0.6) is 0 Å². The third-order valence-electron chi connectivity index (χ3n) is 4.55. The van der Waals surface area contributed by atoms with Crippen molar-refractivity contribution in [3.8, 4) is 0 Å². The molecular weight excluding hydrogens is 400 g/mol. The highest BCUT2D eigenvalue weighted by Crippen LogP contribution is 2.18. The van der Waals surface area contributed by atoms with Gasteiger partial charge in [-0.3, -0.25) is 10.2 Å². The van der Waals surface area contributed by atoms with Gasteiger partial charge in [0.1, 0.15) is 5.71 Å². The van der Waals surface area contributed by atoms with Crippen LogP contribution in [0.3, 0.4) is 0 Å². The van der Waals surface area contributed by atoms with E-state index in [1.54, 1.807) is 12.1 Å². The van der Waals surface area contributed by atoms with Gasteiger partial charge in [0.2, 0.25) is 0 Å². The smallest absolute Gasteiger partial charge is 0.269 e. The molecule has 0 aliphatic rings. The van der Waals surface area contributed by atoms with Crippen molar-refractivity contribution in [3.05, 3.63) is 76.6 Å². The van der Waals surface area contributed by atoms with Crippen molar-refractivity contribution in [2.24, 2.45) is 17.5 Å². The first-order valence-corrected chi connectivity index (χ1v) is 10.1. The van der Waals surface area contributed by atoms with E-state index in [1.165, 1.54) is 11.2 Å². The molecule has 0 unspecified atom stereocenters. The number of carbonyl (C=O) groups is 1. The van der Waals surface area contributed by atoms with Crippen molar-refractivity contribution in [2.45, 2.75) is 20.4 Å². The molecule has 2 aromatic carbocycles. The molecule has 0 spiro atoms. The molecule has 0 bridgehead atoms. The molecule has 1 amide bonds. The molecule has 7 nitrogen and oxygen atoms in total. The number of anilines is 1. The van der Waals surface area contributed by atoms with E-state index in [0.29, 0.717) is 35.9 Å². The number of nitrogens with zero attached hydrogens (tertiary/aromatic N) is 1. The second-order valence-electron chi connectivity index (χ2n) is 7.10. The number of nitrogens with two attached hydrogens (primary N) is 2. The summed E-state index contributed by atoms with van der Waals surface area (Å²) in [5.74, 6) is 5.70. The summed E-state index contributed by atoms with van der Waals surface area (Å²) >= 11 is 5.92. The molecule has 0 saturated carbocycles. The molecule has 2 aromatic rings. The maximum atomic E-state index is 12.5. The Labute approximate surface area is 182 Å². The second-order valence-corrected chi connectivity index (χ2v) is 7.53. The van der Waals surface area contributed by atoms with Gasteiger partial charge >= 0.3 is 0 Å². The Morgan fingerprint density at radius 2 is 1.87 bits per heavy atom. The normalized spacial score (nSPS) is 11.3. The monoisotopic (exact) mass is 428 g/mol. The lowest BCUT2D eigenvalue weighted by Gasteiger charge is -2.24.